The second kappa shape index (κ2) is 8.20. The van der Waals surface area contributed by atoms with Gasteiger partial charge in [-0.05, 0) is 51.3 Å². The zero-order chi connectivity index (χ0) is 15.3. The van der Waals surface area contributed by atoms with Gasteiger partial charge in [0.15, 0.2) is 0 Å². The molecule has 0 aliphatic heterocycles. The molecule has 2 N–H and O–H groups in total. The SMILES string of the molecule is CCN(C(C)CN(C)C)C(CN)c1cc(Cl)ccc1Cl. The van der Waals surface area contributed by atoms with Crippen LogP contribution in [0.5, 0.6) is 0 Å². The van der Waals surface area contributed by atoms with Crippen molar-refractivity contribution in [3.05, 3.63) is 33.8 Å². The number of halogens is 2. The van der Waals surface area contributed by atoms with E-state index in [9.17, 15) is 0 Å². The topological polar surface area (TPSA) is 32.5 Å². The van der Waals surface area contributed by atoms with E-state index in [4.69, 9.17) is 28.9 Å². The lowest BCUT2D eigenvalue weighted by molar-refractivity contribution is 0.131. The Balaban J connectivity index is 3.05. The number of rotatable bonds is 7. The molecule has 3 nitrogen and oxygen atoms in total. The van der Waals surface area contributed by atoms with Crippen LogP contribution in [0.3, 0.4) is 0 Å². The molecule has 2 unspecified atom stereocenters. The fourth-order valence-corrected chi connectivity index (χ4v) is 3.11. The van der Waals surface area contributed by atoms with E-state index in [1.807, 2.05) is 12.1 Å². The smallest absolute Gasteiger partial charge is 0.0488 e. The van der Waals surface area contributed by atoms with Gasteiger partial charge in [-0.3, -0.25) is 4.90 Å². The maximum Gasteiger partial charge on any atom is 0.0488 e. The molecule has 0 bridgehead atoms. The standard InChI is InChI=1S/C15H25Cl2N3/c1-5-20(11(2)10-19(3)4)15(9-18)13-8-12(16)6-7-14(13)17/h6-8,11,15H,5,9-10,18H2,1-4H3. The maximum absolute atomic E-state index is 6.33. The summed E-state index contributed by atoms with van der Waals surface area (Å²) in [5, 5.41) is 1.42. The number of hydrogen-bond acceptors (Lipinski definition) is 3. The van der Waals surface area contributed by atoms with E-state index in [1.165, 1.54) is 0 Å². The molecule has 1 aromatic carbocycles. The predicted molar refractivity (Wildman–Crippen MR) is 88.7 cm³/mol. The van der Waals surface area contributed by atoms with E-state index < -0.39 is 0 Å². The molecule has 0 saturated heterocycles. The average Bonchev–Trinajstić information content (AvgIpc) is 2.38. The second-order valence-corrected chi connectivity index (χ2v) is 6.20. The molecule has 0 aromatic heterocycles. The predicted octanol–water partition coefficient (Wildman–Crippen LogP) is 3.27. The largest absolute Gasteiger partial charge is 0.329 e. The highest BCUT2D eigenvalue weighted by molar-refractivity contribution is 6.33. The molecule has 0 fully saturated rings. The van der Waals surface area contributed by atoms with Crippen LogP contribution in [0.15, 0.2) is 18.2 Å². The Morgan fingerprint density at radius 1 is 1.25 bits per heavy atom. The van der Waals surface area contributed by atoms with Gasteiger partial charge in [0.1, 0.15) is 0 Å². The molecule has 0 aliphatic rings. The van der Waals surface area contributed by atoms with Crippen molar-refractivity contribution in [3.63, 3.8) is 0 Å². The summed E-state index contributed by atoms with van der Waals surface area (Å²) in [7, 11) is 4.16. The highest BCUT2D eigenvalue weighted by Gasteiger charge is 2.24. The number of hydrogen-bond donors (Lipinski definition) is 1. The number of nitrogens with two attached hydrogens (primary N) is 1. The van der Waals surface area contributed by atoms with Gasteiger partial charge in [0.2, 0.25) is 0 Å². The quantitative estimate of drug-likeness (QED) is 0.837. The summed E-state index contributed by atoms with van der Waals surface area (Å²) in [6.07, 6.45) is 0. The van der Waals surface area contributed by atoms with Crippen molar-refractivity contribution in [2.45, 2.75) is 25.9 Å². The zero-order valence-corrected chi connectivity index (χ0v) is 14.2. The maximum atomic E-state index is 6.33. The van der Waals surface area contributed by atoms with Gasteiger partial charge in [-0.2, -0.15) is 0 Å². The van der Waals surface area contributed by atoms with Crippen molar-refractivity contribution >= 4 is 23.2 Å². The van der Waals surface area contributed by atoms with Crippen LogP contribution in [0.4, 0.5) is 0 Å². The Bertz CT molecular complexity index is 424. The Kier molecular flexibility index (Phi) is 7.27. The summed E-state index contributed by atoms with van der Waals surface area (Å²) in [6.45, 7) is 6.77. The summed E-state index contributed by atoms with van der Waals surface area (Å²) in [4.78, 5) is 4.55. The van der Waals surface area contributed by atoms with E-state index in [-0.39, 0.29) is 6.04 Å². The number of nitrogens with zero attached hydrogens (tertiary/aromatic N) is 2. The minimum atomic E-state index is 0.0844. The summed E-state index contributed by atoms with van der Waals surface area (Å²) in [5.74, 6) is 0. The van der Waals surface area contributed by atoms with Gasteiger partial charge in [-0.15, -0.1) is 0 Å². The number of likely N-dealkylation sites (N-methyl/N-ethyl adjacent to an activating group) is 2. The third kappa shape index (κ3) is 4.61. The van der Waals surface area contributed by atoms with Gasteiger partial charge in [-0.25, -0.2) is 0 Å². The van der Waals surface area contributed by atoms with Crippen LogP contribution < -0.4 is 5.73 Å². The normalized spacial score (nSPS) is 14.8. The molecule has 2 atom stereocenters. The molecule has 0 radical (unpaired) electrons. The first-order valence-corrected chi connectivity index (χ1v) is 7.71. The van der Waals surface area contributed by atoms with Crippen LogP contribution in [0, 0.1) is 0 Å². The highest BCUT2D eigenvalue weighted by Crippen LogP contribution is 2.30. The lowest BCUT2D eigenvalue weighted by Crippen LogP contribution is -2.44. The van der Waals surface area contributed by atoms with Gasteiger partial charge in [0.25, 0.3) is 0 Å². The lowest BCUT2D eigenvalue weighted by atomic mass is 10.0. The number of benzene rings is 1. The van der Waals surface area contributed by atoms with Crippen LogP contribution in [0.25, 0.3) is 0 Å². The molecule has 1 aromatic rings. The second-order valence-electron chi connectivity index (χ2n) is 5.36. The molecule has 1 rings (SSSR count). The molecule has 0 aliphatic carbocycles. The van der Waals surface area contributed by atoms with Crippen LogP contribution in [0.2, 0.25) is 10.0 Å². The van der Waals surface area contributed by atoms with Gasteiger partial charge in [-0.1, -0.05) is 30.1 Å². The monoisotopic (exact) mass is 317 g/mol. The van der Waals surface area contributed by atoms with Crippen LogP contribution >= 0.6 is 23.2 Å². The minimum absolute atomic E-state index is 0.0844. The van der Waals surface area contributed by atoms with Gasteiger partial charge in [0, 0.05) is 35.2 Å². The Morgan fingerprint density at radius 2 is 1.90 bits per heavy atom. The van der Waals surface area contributed by atoms with E-state index >= 15 is 0 Å². The Hall–Kier alpha value is -0.320. The van der Waals surface area contributed by atoms with Crippen molar-refractivity contribution in [1.29, 1.82) is 0 Å². The fraction of sp³-hybridized carbons (Fsp3) is 0.600. The van der Waals surface area contributed by atoms with Crippen molar-refractivity contribution < 1.29 is 0 Å². The molecular weight excluding hydrogens is 293 g/mol. The molecule has 0 amide bonds. The van der Waals surface area contributed by atoms with Gasteiger partial charge < -0.3 is 10.6 Å². The van der Waals surface area contributed by atoms with Crippen LogP contribution in [0.1, 0.15) is 25.5 Å². The minimum Gasteiger partial charge on any atom is -0.329 e. The average molecular weight is 318 g/mol. The summed E-state index contributed by atoms with van der Waals surface area (Å²) >= 11 is 12.4. The zero-order valence-electron chi connectivity index (χ0n) is 12.7. The first-order chi connectivity index (χ1) is 9.40. The summed E-state index contributed by atoms with van der Waals surface area (Å²) in [6, 6.07) is 6.04. The lowest BCUT2D eigenvalue weighted by Gasteiger charge is -2.37. The molecule has 5 heteroatoms. The van der Waals surface area contributed by atoms with Crippen molar-refractivity contribution in [3.8, 4) is 0 Å². The van der Waals surface area contributed by atoms with Crippen LogP contribution in [-0.2, 0) is 0 Å². The Labute approximate surface area is 132 Å². The van der Waals surface area contributed by atoms with Crippen molar-refractivity contribution in [2.75, 3.05) is 33.7 Å². The third-order valence-corrected chi connectivity index (χ3v) is 4.08. The van der Waals surface area contributed by atoms with Gasteiger partial charge >= 0.3 is 0 Å². The molecule has 0 saturated carbocycles. The Morgan fingerprint density at radius 3 is 2.40 bits per heavy atom. The van der Waals surface area contributed by atoms with Gasteiger partial charge in [0.05, 0.1) is 0 Å². The van der Waals surface area contributed by atoms with E-state index in [2.05, 4.69) is 37.7 Å². The summed E-state index contributed by atoms with van der Waals surface area (Å²) in [5.41, 5.74) is 7.02. The fourth-order valence-electron chi connectivity index (χ4n) is 2.68. The molecule has 0 heterocycles. The summed E-state index contributed by atoms with van der Waals surface area (Å²) < 4.78 is 0. The molecule has 20 heavy (non-hydrogen) atoms. The van der Waals surface area contributed by atoms with E-state index in [0.717, 1.165) is 23.7 Å². The third-order valence-electron chi connectivity index (χ3n) is 3.50. The molecule has 114 valence electrons. The first-order valence-electron chi connectivity index (χ1n) is 6.96. The molecular formula is C15H25Cl2N3. The highest BCUT2D eigenvalue weighted by atomic mass is 35.5. The van der Waals surface area contributed by atoms with Crippen molar-refractivity contribution in [1.82, 2.24) is 9.80 Å². The van der Waals surface area contributed by atoms with Crippen LogP contribution in [-0.4, -0.2) is 49.6 Å². The molecule has 0 spiro atoms. The van der Waals surface area contributed by atoms with E-state index in [1.54, 1.807) is 6.07 Å². The van der Waals surface area contributed by atoms with E-state index in [0.29, 0.717) is 17.6 Å². The van der Waals surface area contributed by atoms with Crippen molar-refractivity contribution in [2.24, 2.45) is 5.73 Å². The first kappa shape index (κ1) is 17.7.